The molecule has 0 saturated carbocycles. The fourth-order valence-corrected chi connectivity index (χ4v) is 5.46. The minimum Gasteiger partial charge on any atom is -0.493 e. The average Bonchev–Trinajstić information content (AvgIpc) is 2.96. The highest BCUT2D eigenvalue weighted by Crippen LogP contribution is 2.28. The van der Waals surface area contributed by atoms with Crippen molar-refractivity contribution in [1.29, 1.82) is 0 Å². The second kappa shape index (κ2) is 14.4. The zero-order valence-electron chi connectivity index (χ0n) is 22.7. The molecule has 39 heavy (non-hydrogen) atoms. The van der Waals surface area contributed by atoms with E-state index < -0.39 is 0 Å². The Labute approximate surface area is 240 Å². The van der Waals surface area contributed by atoms with Crippen LogP contribution in [-0.2, 0) is 17.8 Å². The van der Waals surface area contributed by atoms with Crippen molar-refractivity contribution in [1.82, 2.24) is 20.2 Å². The van der Waals surface area contributed by atoms with Crippen molar-refractivity contribution in [3.05, 3.63) is 70.9 Å². The number of hydrogen-bond acceptors (Lipinski definition) is 8. The Morgan fingerprint density at radius 2 is 1.79 bits per heavy atom. The number of amides is 1. The van der Waals surface area contributed by atoms with Crippen LogP contribution in [0.25, 0.3) is 0 Å². The summed E-state index contributed by atoms with van der Waals surface area (Å²) >= 11 is 7.60. The molecule has 1 aliphatic heterocycles. The molecule has 8 nitrogen and oxygen atoms in total. The van der Waals surface area contributed by atoms with Crippen LogP contribution in [0.5, 0.6) is 11.5 Å². The number of rotatable bonds is 12. The van der Waals surface area contributed by atoms with Gasteiger partial charge in [-0.1, -0.05) is 59.8 Å². The third kappa shape index (κ3) is 8.74. The van der Waals surface area contributed by atoms with Crippen LogP contribution in [0, 0.1) is 0 Å². The van der Waals surface area contributed by atoms with Crippen LogP contribution in [0.2, 0.25) is 5.15 Å². The second-order valence-corrected chi connectivity index (χ2v) is 10.9. The van der Waals surface area contributed by atoms with Gasteiger partial charge >= 0.3 is 0 Å². The smallest absolute Gasteiger partial charge is 0.230 e. The van der Waals surface area contributed by atoms with Gasteiger partial charge in [0, 0.05) is 45.3 Å². The summed E-state index contributed by atoms with van der Waals surface area (Å²) in [6.45, 7) is 3.62. The summed E-state index contributed by atoms with van der Waals surface area (Å²) in [5.74, 6) is 2.37. The summed E-state index contributed by atoms with van der Waals surface area (Å²) in [6, 6.07) is 18.3. The van der Waals surface area contributed by atoms with E-state index in [4.69, 9.17) is 21.1 Å². The van der Waals surface area contributed by atoms with E-state index in [1.54, 1.807) is 20.3 Å². The maximum absolute atomic E-state index is 12.7. The molecule has 208 valence electrons. The second-order valence-electron chi connectivity index (χ2n) is 9.58. The number of anilines is 1. The summed E-state index contributed by atoms with van der Waals surface area (Å²) < 4.78 is 10.7. The number of methoxy groups -OCH3 is 2. The molecule has 2 aromatic carbocycles. The zero-order valence-corrected chi connectivity index (χ0v) is 24.3. The first kappa shape index (κ1) is 29.0. The fraction of sp³-hybridized carbons (Fsp3) is 0.414. The predicted octanol–water partition coefficient (Wildman–Crippen LogP) is 4.70. The summed E-state index contributed by atoms with van der Waals surface area (Å²) in [6.07, 6.45) is 2.69. The number of halogens is 1. The quantitative estimate of drug-likeness (QED) is 0.191. The first-order chi connectivity index (χ1) is 18.9. The molecule has 0 bridgehead atoms. The topological polar surface area (TPSA) is 79.8 Å². The minimum atomic E-state index is -0.00607. The third-order valence-corrected chi connectivity index (χ3v) is 7.81. The van der Waals surface area contributed by atoms with Gasteiger partial charge in [0.05, 0.1) is 20.0 Å². The Morgan fingerprint density at radius 3 is 2.51 bits per heavy atom. The summed E-state index contributed by atoms with van der Waals surface area (Å²) in [7, 11) is 5.22. The van der Waals surface area contributed by atoms with Crippen LogP contribution in [0.1, 0.15) is 24.0 Å². The number of carbonyl (C=O) groups is 1. The minimum absolute atomic E-state index is 0.00607. The zero-order chi connectivity index (χ0) is 27.6. The lowest BCUT2D eigenvalue weighted by Crippen LogP contribution is -2.44. The average molecular weight is 570 g/mol. The highest BCUT2D eigenvalue weighted by molar-refractivity contribution is 7.99. The first-order valence-corrected chi connectivity index (χ1v) is 14.4. The van der Waals surface area contributed by atoms with Crippen molar-refractivity contribution in [3.63, 3.8) is 0 Å². The number of carbonyl (C=O) groups excluding carboxylic acids is 1. The maximum atomic E-state index is 12.7. The molecule has 0 atom stereocenters. The Balaban J connectivity index is 1.23. The van der Waals surface area contributed by atoms with Gasteiger partial charge in [0.1, 0.15) is 11.0 Å². The molecule has 1 aliphatic rings. The molecule has 4 rings (SSSR count). The van der Waals surface area contributed by atoms with Gasteiger partial charge in [-0.2, -0.15) is 0 Å². The molecule has 10 heteroatoms. The van der Waals surface area contributed by atoms with Crippen molar-refractivity contribution in [2.24, 2.45) is 0 Å². The number of piperidine rings is 1. The number of likely N-dealkylation sites (tertiary alicyclic amines) is 1. The lowest BCUT2D eigenvalue weighted by molar-refractivity contribution is -0.119. The number of nitrogens with zero attached hydrogens (tertiary/aromatic N) is 4. The number of ether oxygens (including phenoxy) is 2. The SMILES string of the molecule is COc1ccc(CCN(C)c2cc(Cl)nc(SCC(=O)NC3CCN(Cc4ccccc4)CC3)n2)cc1OC. The monoisotopic (exact) mass is 569 g/mol. The van der Waals surface area contributed by atoms with Crippen LogP contribution in [0.15, 0.2) is 59.8 Å². The van der Waals surface area contributed by atoms with Gasteiger partial charge in [0.25, 0.3) is 0 Å². The number of thioether (sulfide) groups is 1. The molecule has 0 unspecified atom stereocenters. The lowest BCUT2D eigenvalue weighted by Gasteiger charge is -2.32. The highest BCUT2D eigenvalue weighted by Gasteiger charge is 2.21. The largest absolute Gasteiger partial charge is 0.493 e. The third-order valence-electron chi connectivity index (χ3n) is 6.77. The normalized spacial score (nSPS) is 14.2. The van der Waals surface area contributed by atoms with E-state index in [0.717, 1.165) is 51.0 Å². The number of hydrogen-bond donors (Lipinski definition) is 1. The maximum Gasteiger partial charge on any atom is 0.230 e. The lowest BCUT2D eigenvalue weighted by atomic mass is 10.0. The van der Waals surface area contributed by atoms with Gasteiger partial charge < -0.3 is 19.7 Å². The molecular formula is C29H36ClN5O3S. The van der Waals surface area contributed by atoms with E-state index in [-0.39, 0.29) is 17.7 Å². The number of aromatic nitrogens is 2. The molecule has 0 spiro atoms. The predicted molar refractivity (Wildman–Crippen MR) is 157 cm³/mol. The van der Waals surface area contributed by atoms with Crippen molar-refractivity contribution in [3.8, 4) is 11.5 Å². The summed E-state index contributed by atoms with van der Waals surface area (Å²) in [5, 5.41) is 4.02. The van der Waals surface area contributed by atoms with E-state index in [2.05, 4.69) is 44.5 Å². The van der Waals surface area contributed by atoms with Crippen molar-refractivity contribution in [2.75, 3.05) is 51.6 Å². The van der Waals surface area contributed by atoms with E-state index in [1.807, 2.05) is 36.2 Å². The van der Waals surface area contributed by atoms with Gasteiger partial charge in [-0.3, -0.25) is 9.69 Å². The standard InChI is InChI=1S/C29H36ClN5O3S/c1-34(14-11-21-9-10-24(37-2)25(17-21)38-3)27-18-26(30)32-29(33-27)39-20-28(36)31-23-12-15-35(16-13-23)19-22-7-5-4-6-8-22/h4-10,17-18,23H,11-16,19-20H2,1-3H3,(H,31,36). The molecule has 2 heterocycles. The number of likely N-dealkylation sites (N-methyl/N-ethyl adjacent to an activating group) is 1. The molecular weight excluding hydrogens is 534 g/mol. The van der Waals surface area contributed by atoms with Crippen molar-refractivity contribution < 1.29 is 14.3 Å². The van der Waals surface area contributed by atoms with Crippen LogP contribution in [-0.4, -0.2) is 73.5 Å². The molecule has 1 aromatic heterocycles. The van der Waals surface area contributed by atoms with Crippen LogP contribution >= 0.6 is 23.4 Å². The molecule has 0 radical (unpaired) electrons. The molecule has 3 aromatic rings. The van der Waals surface area contributed by atoms with Gasteiger partial charge in [0.15, 0.2) is 16.7 Å². The van der Waals surface area contributed by atoms with Crippen LogP contribution < -0.4 is 19.7 Å². The Morgan fingerprint density at radius 1 is 1.05 bits per heavy atom. The van der Waals surface area contributed by atoms with Crippen molar-refractivity contribution in [2.45, 2.75) is 37.0 Å². The van der Waals surface area contributed by atoms with Crippen molar-refractivity contribution >= 4 is 35.1 Å². The molecule has 0 aliphatic carbocycles. The number of nitrogens with one attached hydrogen (secondary N) is 1. The highest BCUT2D eigenvalue weighted by atomic mass is 35.5. The van der Waals surface area contributed by atoms with Crippen LogP contribution in [0.3, 0.4) is 0 Å². The Bertz CT molecular complexity index is 1220. The first-order valence-electron chi connectivity index (χ1n) is 13.1. The molecule has 1 N–H and O–H groups in total. The van der Waals surface area contributed by atoms with E-state index in [1.165, 1.54) is 17.3 Å². The van der Waals surface area contributed by atoms with Gasteiger partial charge in [0.2, 0.25) is 5.91 Å². The Kier molecular flexibility index (Phi) is 10.7. The van der Waals surface area contributed by atoms with Gasteiger partial charge in [-0.05, 0) is 42.5 Å². The molecule has 1 saturated heterocycles. The fourth-order valence-electron chi connectivity index (χ4n) is 4.57. The molecule has 1 fully saturated rings. The van der Waals surface area contributed by atoms with Gasteiger partial charge in [-0.25, -0.2) is 9.97 Å². The van der Waals surface area contributed by atoms with E-state index >= 15 is 0 Å². The summed E-state index contributed by atoms with van der Waals surface area (Å²) in [4.78, 5) is 26.1. The summed E-state index contributed by atoms with van der Waals surface area (Å²) in [5.41, 5.74) is 2.45. The van der Waals surface area contributed by atoms with Gasteiger partial charge in [-0.15, -0.1) is 0 Å². The molecule has 1 amide bonds. The Hall–Kier alpha value is -3.01. The van der Waals surface area contributed by atoms with E-state index in [9.17, 15) is 4.79 Å². The van der Waals surface area contributed by atoms with Crippen LogP contribution in [0.4, 0.5) is 5.82 Å². The van der Waals surface area contributed by atoms with E-state index in [0.29, 0.717) is 27.6 Å². The number of benzene rings is 2.